The Morgan fingerprint density at radius 3 is 2.22 bits per heavy atom. The third-order valence-corrected chi connectivity index (χ3v) is 7.56. The molecule has 1 aliphatic heterocycles. The molecule has 0 bridgehead atoms. The van der Waals surface area contributed by atoms with Crippen LogP contribution < -0.4 is 14.6 Å². The van der Waals surface area contributed by atoms with Crippen molar-refractivity contribution in [2.45, 2.75) is 78.8 Å². The average Bonchev–Trinajstić information content (AvgIpc) is 2.95. The Hall–Kier alpha value is -1.79. The smallest absolute Gasteiger partial charge is 0.345 e. The van der Waals surface area contributed by atoms with Crippen LogP contribution in [0.3, 0.4) is 0 Å². The first-order chi connectivity index (χ1) is 15.2. The number of rotatable bonds is 8. The fourth-order valence-corrected chi connectivity index (χ4v) is 5.47. The number of hydrogen-bond acceptors (Lipinski definition) is 5. The molecular weight excluding hydrogens is 408 g/mol. The second-order valence-corrected chi connectivity index (χ2v) is 10.2. The summed E-state index contributed by atoms with van der Waals surface area (Å²) in [6, 6.07) is 6.66. The van der Waals surface area contributed by atoms with Gasteiger partial charge in [-0.2, -0.15) is 0 Å². The number of carboxylic acids is 1. The van der Waals surface area contributed by atoms with Crippen molar-refractivity contribution in [2.24, 2.45) is 35.5 Å². The number of carboxylic acid groups (broad SMARTS) is 1. The normalized spacial score (nSPS) is 31.2. The van der Waals surface area contributed by atoms with Crippen molar-refractivity contribution in [1.29, 1.82) is 0 Å². The predicted octanol–water partition coefficient (Wildman–Crippen LogP) is 4.35. The molecule has 1 aliphatic carbocycles. The molecule has 32 heavy (non-hydrogen) atoms. The lowest BCUT2D eigenvalue weighted by molar-refractivity contribution is -0.489. The Labute approximate surface area is 192 Å². The highest BCUT2D eigenvalue weighted by atomic mass is 16.6. The van der Waals surface area contributed by atoms with Crippen molar-refractivity contribution in [2.75, 3.05) is 6.61 Å². The third-order valence-electron chi connectivity index (χ3n) is 7.56. The molecule has 2 aliphatic rings. The van der Waals surface area contributed by atoms with Crippen molar-refractivity contribution in [3.63, 3.8) is 0 Å². The number of carbonyl (C=O) groups is 1. The Morgan fingerprint density at radius 1 is 1.00 bits per heavy atom. The topological polar surface area (TPSA) is 88.0 Å². The molecule has 6 heteroatoms. The van der Waals surface area contributed by atoms with E-state index in [1.807, 2.05) is 6.92 Å². The quantitative estimate of drug-likeness (QED) is 0.596. The molecule has 1 saturated heterocycles. The summed E-state index contributed by atoms with van der Waals surface area (Å²) in [5.74, 6) is 1.66. The summed E-state index contributed by atoms with van der Waals surface area (Å²) >= 11 is 0. The van der Waals surface area contributed by atoms with Gasteiger partial charge in [0.1, 0.15) is 11.5 Å². The molecule has 3 rings (SSSR count). The lowest BCUT2D eigenvalue weighted by atomic mass is 9.62. The summed E-state index contributed by atoms with van der Waals surface area (Å²) in [7, 11) is 0. The van der Waals surface area contributed by atoms with Gasteiger partial charge in [0, 0.05) is 12.2 Å². The van der Waals surface area contributed by atoms with E-state index >= 15 is 0 Å². The molecule has 1 N–H and O–H groups in total. The number of fused-ring (bicyclic) bond motifs is 1. The van der Waals surface area contributed by atoms with Crippen molar-refractivity contribution < 1.29 is 29.2 Å². The summed E-state index contributed by atoms with van der Waals surface area (Å²) in [6.45, 7) is 10.9. The summed E-state index contributed by atoms with van der Waals surface area (Å²) in [5.41, 5.74) is 0. The van der Waals surface area contributed by atoms with Crippen LogP contribution in [0.2, 0.25) is 0 Å². The molecule has 6 nitrogen and oxygen atoms in total. The maximum Gasteiger partial charge on any atom is 0.345 e. The van der Waals surface area contributed by atoms with Crippen LogP contribution in [0.1, 0.15) is 60.3 Å². The summed E-state index contributed by atoms with van der Waals surface area (Å²) in [6.07, 6.45) is 2.68. The van der Waals surface area contributed by atoms with Gasteiger partial charge in [-0.1, -0.05) is 34.1 Å². The fraction of sp³-hybridized carbons (Fsp3) is 0.731. The second-order valence-electron chi connectivity index (χ2n) is 10.2. The minimum Gasteiger partial charge on any atom is -0.821 e. The van der Waals surface area contributed by atoms with Crippen LogP contribution in [0.25, 0.3) is 0 Å². The van der Waals surface area contributed by atoms with Crippen LogP contribution in [0.15, 0.2) is 24.3 Å². The predicted molar refractivity (Wildman–Crippen MR) is 120 cm³/mol. The monoisotopic (exact) mass is 447 g/mol. The van der Waals surface area contributed by atoms with Crippen molar-refractivity contribution in [1.82, 2.24) is 0 Å². The molecule has 1 aromatic carbocycles. The van der Waals surface area contributed by atoms with Crippen molar-refractivity contribution in [3.8, 4) is 11.5 Å². The second kappa shape index (κ2) is 10.9. The molecule has 1 heterocycles. The van der Waals surface area contributed by atoms with E-state index in [9.17, 15) is 15.0 Å². The summed E-state index contributed by atoms with van der Waals surface area (Å²) in [5, 5.41) is 22.4. The van der Waals surface area contributed by atoms with Gasteiger partial charge in [0.25, 0.3) is 0 Å². The largest absolute Gasteiger partial charge is 0.821 e. The van der Waals surface area contributed by atoms with Crippen LogP contribution in [0, 0.1) is 35.5 Å². The van der Waals surface area contributed by atoms with E-state index in [0.717, 1.165) is 25.9 Å². The van der Waals surface area contributed by atoms with Crippen molar-refractivity contribution >= 4 is 5.97 Å². The van der Waals surface area contributed by atoms with E-state index < -0.39 is 18.4 Å². The first-order valence-electron chi connectivity index (χ1n) is 12.1. The zero-order valence-electron chi connectivity index (χ0n) is 20.0. The van der Waals surface area contributed by atoms with Gasteiger partial charge in [0.15, 0.2) is 6.10 Å². The highest BCUT2D eigenvalue weighted by Gasteiger charge is 2.41. The lowest BCUT2D eigenvalue weighted by Crippen LogP contribution is -2.47. The molecule has 1 aromatic rings. The maximum absolute atomic E-state index is 13.1. The van der Waals surface area contributed by atoms with Crippen LogP contribution in [-0.4, -0.2) is 36.2 Å². The molecule has 0 spiro atoms. The fourth-order valence-electron chi connectivity index (χ4n) is 5.47. The average molecular weight is 448 g/mol. The SMILES string of the molecule is CC1CC[C@@H]2C(CO1)[C@H]([C@@H](C)[C@H]([O-])Oc1ccc(O[C@H](C(=O)O)C(C)C)cc1)CC[C@H]2C. The Bertz CT molecular complexity index is 732. The van der Waals surface area contributed by atoms with Crippen LogP contribution in [0.4, 0.5) is 0 Å². The van der Waals surface area contributed by atoms with Gasteiger partial charge in [-0.3, -0.25) is 0 Å². The van der Waals surface area contributed by atoms with Gasteiger partial charge < -0.3 is 24.4 Å². The molecule has 0 radical (unpaired) electrons. The van der Waals surface area contributed by atoms with Gasteiger partial charge in [-0.05, 0) is 80.0 Å². The van der Waals surface area contributed by atoms with Gasteiger partial charge in [0.05, 0.1) is 12.7 Å². The molecule has 180 valence electrons. The maximum atomic E-state index is 13.1. The van der Waals surface area contributed by atoms with Gasteiger partial charge >= 0.3 is 5.97 Å². The molecule has 2 fully saturated rings. The molecule has 8 atom stereocenters. The number of ether oxygens (including phenoxy) is 3. The summed E-state index contributed by atoms with van der Waals surface area (Å²) < 4.78 is 17.4. The van der Waals surface area contributed by atoms with Gasteiger partial charge in [0.2, 0.25) is 0 Å². The van der Waals surface area contributed by atoms with Crippen LogP contribution >= 0.6 is 0 Å². The zero-order valence-corrected chi connectivity index (χ0v) is 20.0. The molecular formula is C26H39O6-. The Kier molecular flexibility index (Phi) is 8.45. The number of benzene rings is 1. The Balaban J connectivity index is 1.62. The van der Waals surface area contributed by atoms with E-state index in [2.05, 4.69) is 13.8 Å². The van der Waals surface area contributed by atoms with E-state index in [4.69, 9.17) is 14.2 Å². The zero-order chi connectivity index (χ0) is 23.4. The Morgan fingerprint density at radius 2 is 1.62 bits per heavy atom. The summed E-state index contributed by atoms with van der Waals surface area (Å²) in [4.78, 5) is 11.3. The molecule has 0 amide bonds. The van der Waals surface area contributed by atoms with Crippen LogP contribution in [0.5, 0.6) is 11.5 Å². The van der Waals surface area contributed by atoms with E-state index in [1.165, 1.54) is 6.42 Å². The molecule has 0 aromatic heterocycles. The lowest BCUT2D eigenvalue weighted by Gasteiger charge is -2.46. The molecule has 1 saturated carbocycles. The van der Waals surface area contributed by atoms with Crippen molar-refractivity contribution in [3.05, 3.63) is 24.3 Å². The van der Waals surface area contributed by atoms with E-state index in [1.54, 1.807) is 38.1 Å². The number of hydrogen-bond donors (Lipinski definition) is 1. The first kappa shape index (κ1) is 24.8. The standard InChI is InChI=1S/C26H39O6/c1-15(2)24(25(27)28)31-19-8-10-20(11-9-19)32-26(29)18(5)22-12-6-16(3)21-13-7-17(4)30-14-23(21)22/h8-11,15-18,21-24,26H,6-7,12-14H2,1-5H3,(H,27,28)/q-1/t16-,17?,18-,21+,22+,23?,24+,26-/m1/s1. The highest BCUT2D eigenvalue weighted by Crippen LogP contribution is 2.46. The van der Waals surface area contributed by atoms with Gasteiger partial charge in [-0.25, -0.2) is 4.79 Å². The third kappa shape index (κ3) is 5.96. The minimum atomic E-state index is -1.16. The molecule has 2 unspecified atom stereocenters. The van der Waals surface area contributed by atoms with E-state index in [-0.39, 0.29) is 11.8 Å². The van der Waals surface area contributed by atoms with E-state index in [0.29, 0.717) is 41.3 Å². The number of aliphatic carboxylic acids is 1. The minimum absolute atomic E-state index is 0.125. The first-order valence-corrected chi connectivity index (χ1v) is 12.1. The highest BCUT2D eigenvalue weighted by molar-refractivity contribution is 5.73. The van der Waals surface area contributed by atoms with Crippen LogP contribution in [-0.2, 0) is 9.53 Å². The van der Waals surface area contributed by atoms with Gasteiger partial charge in [-0.15, -0.1) is 0 Å².